The molecule has 0 aromatic heterocycles. The monoisotopic (exact) mass is 206 g/mol. The molecule has 11 heavy (non-hydrogen) atoms. The van der Waals surface area contributed by atoms with E-state index >= 15 is 0 Å². The van der Waals surface area contributed by atoms with Crippen molar-refractivity contribution in [1.29, 1.82) is 0 Å². The smallest absolute Gasteiger partial charge is 0.679 e. The summed E-state index contributed by atoms with van der Waals surface area (Å²) in [5, 5.41) is 8.04. The molecule has 0 saturated carbocycles. The van der Waals surface area contributed by atoms with Crippen LogP contribution in [0.25, 0.3) is 22.1 Å². The van der Waals surface area contributed by atoms with Gasteiger partial charge in [-0.2, -0.15) is 39.3 Å². The maximum Gasteiger partial charge on any atom is 2.00 e. The first-order valence-corrected chi connectivity index (χ1v) is 3.47. The van der Waals surface area contributed by atoms with Crippen molar-refractivity contribution < 1.29 is 19.5 Å². The molecular weight excluding hydrogens is 193 g/mol. The van der Waals surface area contributed by atoms with Crippen LogP contribution in [0.4, 0.5) is 0 Å². The summed E-state index contributed by atoms with van der Waals surface area (Å²) in [7, 11) is 0. The Balaban J connectivity index is 0. The molecule has 0 aliphatic carbocycles. The van der Waals surface area contributed by atoms with Crippen LogP contribution in [0.15, 0.2) is 0 Å². The van der Waals surface area contributed by atoms with Crippen molar-refractivity contribution in [3.8, 4) is 0 Å². The van der Waals surface area contributed by atoms with Crippen LogP contribution in [0, 0.1) is 0 Å². The third kappa shape index (κ3) is 13.5. The quantitative estimate of drug-likeness (QED) is 0.451. The first-order valence-electron chi connectivity index (χ1n) is 3.47. The summed E-state index contributed by atoms with van der Waals surface area (Å²) in [6, 6.07) is 0. The molecule has 0 amide bonds. The first kappa shape index (κ1) is 14.0. The van der Waals surface area contributed by atoms with E-state index in [0.717, 1.165) is 13.1 Å². The number of nitrogens with one attached hydrogen (secondary N) is 2. The van der Waals surface area contributed by atoms with Gasteiger partial charge in [-0.25, -0.2) is 0 Å². The summed E-state index contributed by atoms with van der Waals surface area (Å²) in [6.07, 6.45) is 0. The van der Waals surface area contributed by atoms with Gasteiger partial charge in [-0.05, 0) is 0 Å². The zero-order valence-corrected chi connectivity index (χ0v) is 9.81. The largest absolute Gasteiger partial charge is 2.00 e. The van der Waals surface area contributed by atoms with Crippen molar-refractivity contribution in [2.75, 3.05) is 39.3 Å². The molecule has 0 aromatic carbocycles. The van der Waals surface area contributed by atoms with Crippen molar-refractivity contribution in [3.63, 3.8) is 0 Å². The van der Waals surface area contributed by atoms with Gasteiger partial charge in [0, 0.05) is 0 Å². The van der Waals surface area contributed by atoms with Gasteiger partial charge in [0.2, 0.25) is 0 Å². The van der Waals surface area contributed by atoms with Gasteiger partial charge in [-0.3, -0.25) is 0 Å². The second kappa shape index (κ2) is 13.1. The molecule has 0 fully saturated rings. The number of rotatable bonds is 7. The van der Waals surface area contributed by atoms with Gasteiger partial charge < -0.3 is 22.1 Å². The van der Waals surface area contributed by atoms with Crippen molar-refractivity contribution in [2.24, 2.45) is 0 Å². The minimum atomic E-state index is 0. The van der Waals surface area contributed by atoms with Crippen LogP contribution in [0.5, 0.6) is 0 Å². The Labute approximate surface area is 81.2 Å². The van der Waals surface area contributed by atoms with Crippen molar-refractivity contribution in [2.45, 2.75) is 0 Å². The number of hydrogen-bond acceptors (Lipinski definition) is 0. The molecule has 0 aliphatic rings. The Morgan fingerprint density at radius 1 is 0.727 bits per heavy atom. The molecule has 62 valence electrons. The third-order valence-corrected chi connectivity index (χ3v) is 0.956. The van der Waals surface area contributed by atoms with E-state index in [9.17, 15) is 0 Å². The molecule has 2 N–H and O–H groups in total. The van der Waals surface area contributed by atoms with E-state index in [1.165, 1.54) is 0 Å². The van der Waals surface area contributed by atoms with Gasteiger partial charge in [0.1, 0.15) is 0 Å². The summed E-state index contributed by atoms with van der Waals surface area (Å²) in [5.41, 5.74) is 13.5. The standard InChI is InChI=1S/C6H14N4.Zn/c7-1-3-9-5-6-10-4-2-8;/h7-8H,1-6H2;/q-4;+2. The summed E-state index contributed by atoms with van der Waals surface area (Å²) in [6.45, 7) is 3.43. The average molecular weight is 208 g/mol. The fourth-order valence-electron chi connectivity index (χ4n) is 0.523. The Bertz CT molecular complexity index is 54.5. The van der Waals surface area contributed by atoms with Gasteiger partial charge in [0.25, 0.3) is 0 Å². The number of nitrogens with zero attached hydrogens (tertiary/aromatic N) is 2. The maximum atomic E-state index is 6.76. The van der Waals surface area contributed by atoms with Crippen molar-refractivity contribution >= 4 is 0 Å². The molecular formula is C6H14N4Zn-2. The van der Waals surface area contributed by atoms with Crippen LogP contribution in [0.3, 0.4) is 0 Å². The fraction of sp³-hybridized carbons (Fsp3) is 1.00. The molecule has 0 saturated heterocycles. The van der Waals surface area contributed by atoms with Crippen molar-refractivity contribution in [1.82, 2.24) is 0 Å². The normalized spacial score (nSPS) is 9.27. The molecule has 0 spiro atoms. The first-order chi connectivity index (χ1) is 4.91. The molecule has 0 heterocycles. The summed E-state index contributed by atoms with van der Waals surface area (Å²) in [4.78, 5) is 0. The molecule has 5 heteroatoms. The Kier molecular flexibility index (Phi) is 16.7. The molecule has 0 bridgehead atoms. The molecule has 0 aromatic rings. The zero-order chi connectivity index (χ0) is 7.66. The molecule has 0 atom stereocenters. The Morgan fingerprint density at radius 3 is 1.36 bits per heavy atom. The minimum absolute atomic E-state index is 0. The van der Waals surface area contributed by atoms with E-state index in [1.54, 1.807) is 0 Å². The zero-order valence-electron chi connectivity index (χ0n) is 6.84. The van der Waals surface area contributed by atoms with Gasteiger partial charge >= 0.3 is 19.5 Å². The van der Waals surface area contributed by atoms with E-state index < -0.39 is 0 Å². The predicted molar refractivity (Wildman–Crippen MR) is 44.6 cm³/mol. The van der Waals surface area contributed by atoms with E-state index in [2.05, 4.69) is 10.6 Å². The van der Waals surface area contributed by atoms with Crippen LogP contribution < -0.4 is 0 Å². The van der Waals surface area contributed by atoms with Gasteiger partial charge in [0.15, 0.2) is 0 Å². The minimum Gasteiger partial charge on any atom is -0.679 e. The summed E-state index contributed by atoms with van der Waals surface area (Å²) < 4.78 is 0. The second-order valence-corrected chi connectivity index (χ2v) is 1.84. The molecule has 0 unspecified atom stereocenters. The average Bonchev–Trinajstić information content (AvgIpc) is 1.97. The molecule has 0 rings (SSSR count). The van der Waals surface area contributed by atoms with E-state index in [1.807, 2.05) is 0 Å². The van der Waals surface area contributed by atoms with E-state index in [0.29, 0.717) is 26.2 Å². The van der Waals surface area contributed by atoms with E-state index in [-0.39, 0.29) is 19.5 Å². The number of hydrogen-bond donors (Lipinski definition) is 0. The van der Waals surface area contributed by atoms with Crippen LogP contribution in [-0.2, 0) is 19.5 Å². The van der Waals surface area contributed by atoms with Crippen LogP contribution in [-0.4, -0.2) is 39.3 Å². The van der Waals surface area contributed by atoms with Gasteiger partial charge in [-0.1, -0.05) is 0 Å². The maximum absolute atomic E-state index is 6.76. The van der Waals surface area contributed by atoms with E-state index in [4.69, 9.17) is 11.5 Å². The van der Waals surface area contributed by atoms with Crippen LogP contribution >= 0.6 is 0 Å². The van der Waals surface area contributed by atoms with Crippen molar-refractivity contribution in [3.05, 3.63) is 22.1 Å². The predicted octanol–water partition coefficient (Wildman–Crippen LogP) is 1.84. The van der Waals surface area contributed by atoms with Gasteiger partial charge in [0.05, 0.1) is 0 Å². The van der Waals surface area contributed by atoms with Crippen LogP contribution in [0.2, 0.25) is 0 Å². The van der Waals surface area contributed by atoms with Gasteiger partial charge in [-0.15, -0.1) is 0 Å². The van der Waals surface area contributed by atoms with Crippen LogP contribution in [0.1, 0.15) is 0 Å². The molecule has 0 aliphatic heterocycles. The third-order valence-electron chi connectivity index (χ3n) is 0.956. The summed E-state index contributed by atoms with van der Waals surface area (Å²) in [5.74, 6) is 0. The summed E-state index contributed by atoms with van der Waals surface area (Å²) >= 11 is 0. The second-order valence-electron chi connectivity index (χ2n) is 1.84. The Morgan fingerprint density at radius 2 is 1.09 bits per heavy atom. The fourth-order valence-corrected chi connectivity index (χ4v) is 0.523. The molecule has 4 nitrogen and oxygen atoms in total. The topological polar surface area (TPSA) is 75.8 Å². The molecule has 0 radical (unpaired) electrons. The SMILES string of the molecule is [NH-]CC[N-]CC[N-]CC[NH-].[Zn+2]. The Hall–Kier alpha value is 0.463.